The number of carbonyl (C=O) groups is 1. The van der Waals surface area contributed by atoms with Crippen molar-refractivity contribution in [1.82, 2.24) is 14.5 Å². The summed E-state index contributed by atoms with van der Waals surface area (Å²) in [5, 5.41) is 3.74. The van der Waals surface area contributed by atoms with Crippen LogP contribution in [0.2, 0.25) is 5.02 Å². The number of sulfonamides is 1. The molecule has 33 heavy (non-hydrogen) atoms. The number of piperidine rings is 1. The van der Waals surface area contributed by atoms with E-state index in [1.807, 2.05) is 24.3 Å². The first-order valence-electron chi connectivity index (χ1n) is 11.4. The molecular formula is C24H29ClFN3O3S. The van der Waals surface area contributed by atoms with Crippen LogP contribution in [-0.4, -0.2) is 56.3 Å². The van der Waals surface area contributed by atoms with Crippen LogP contribution < -0.4 is 5.32 Å². The van der Waals surface area contributed by atoms with E-state index in [4.69, 9.17) is 11.6 Å². The van der Waals surface area contributed by atoms with E-state index in [2.05, 4.69) is 10.2 Å². The summed E-state index contributed by atoms with van der Waals surface area (Å²) in [7, 11) is -3.78. The molecule has 1 N–H and O–H groups in total. The van der Waals surface area contributed by atoms with E-state index in [1.165, 1.54) is 16.4 Å². The number of amides is 1. The summed E-state index contributed by atoms with van der Waals surface area (Å²) in [5.74, 6) is -1.07. The second-order valence-electron chi connectivity index (χ2n) is 8.68. The summed E-state index contributed by atoms with van der Waals surface area (Å²) < 4.78 is 40.5. The van der Waals surface area contributed by atoms with Gasteiger partial charge in [-0.15, -0.1) is 0 Å². The Morgan fingerprint density at radius 1 is 1.06 bits per heavy atom. The molecule has 2 aromatic rings. The Morgan fingerprint density at radius 3 is 2.45 bits per heavy atom. The zero-order valence-electron chi connectivity index (χ0n) is 18.4. The highest BCUT2D eigenvalue weighted by atomic mass is 35.5. The van der Waals surface area contributed by atoms with Gasteiger partial charge >= 0.3 is 0 Å². The first kappa shape index (κ1) is 24.1. The Labute approximate surface area is 199 Å². The zero-order chi connectivity index (χ0) is 23.4. The second-order valence-corrected chi connectivity index (χ2v) is 11.0. The van der Waals surface area contributed by atoms with Crippen LogP contribution in [0.25, 0.3) is 0 Å². The summed E-state index contributed by atoms with van der Waals surface area (Å²) in [6.07, 6.45) is 3.46. The summed E-state index contributed by atoms with van der Waals surface area (Å²) in [4.78, 5) is 15.4. The molecule has 9 heteroatoms. The number of halogens is 2. The fourth-order valence-corrected chi connectivity index (χ4v) is 6.49. The van der Waals surface area contributed by atoms with Crippen LogP contribution in [0.4, 0.5) is 4.39 Å². The van der Waals surface area contributed by atoms with Gasteiger partial charge in [-0.2, -0.15) is 4.31 Å². The van der Waals surface area contributed by atoms with Gasteiger partial charge < -0.3 is 5.32 Å². The van der Waals surface area contributed by atoms with Gasteiger partial charge in [-0.05, 0) is 74.7 Å². The van der Waals surface area contributed by atoms with Crippen LogP contribution in [0, 0.1) is 11.7 Å². The third-order valence-corrected chi connectivity index (χ3v) is 8.75. The Morgan fingerprint density at radius 2 is 1.76 bits per heavy atom. The third kappa shape index (κ3) is 5.57. The maximum Gasteiger partial charge on any atom is 0.243 e. The largest absolute Gasteiger partial charge is 0.354 e. The lowest BCUT2D eigenvalue weighted by molar-refractivity contribution is -0.126. The van der Waals surface area contributed by atoms with Gasteiger partial charge in [-0.25, -0.2) is 12.8 Å². The van der Waals surface area contributed by atoms with Gasteiger partial charge in [-0.3, -0.25) is 9.69 Å². The highest BCUT2D eigenvalue weighted by molar-refractivity contribution is 7.89. The lowest BCUT2D eigenvalue weighted by atomic mass is 9.98. The Hall–Kier alpha value is -2.00. The van der Waals surface area contributed by atoms with Crippen LogP contribution in [-0.2, 0) is 14.8 Å². The van der Waals surface area contributed by atoms with Crippen LogP contribution in [0.3, 0.4) is 0 Å². The average Bonchev–Trinajstić information content (AvgIpc) is 3.35. The predicted octanol–water partition coefficient (Wildman–Crippen LogP) is 3.83. The van der Waals surface area contributed by atoms with Crippen molar-refractivity contribution in [3.05, 3.63) is 64.9 Å². The van der Waals surface area contributed by atoms with E-state index in [0.29, 0.717) is 31.0 Å². The number of nitrogens with zero attached hydrogens (tertiary/aromatic N) is 2. The smallest absolute Gasteiger partial charge is 0.243 e. The molecular weight excluding hydrogens is 465 g/mol. The second kappa shape index (κ2) is 10.5. The molecule has 4 rings (SSSR count). The summed E-state index contributed by atoms with van der Waals surface area (Å²) in [6, 6.07) is 12.5. The minimum absolute atomic E-state index is 0.0206. The minimum atomic E-state index is -3.78. The van der Waals surface area contributed by atoms with E-state index in [9.17, 15) is 17.6 Å². The van der Waals surface area contributed by atoms with Crippen LogP contribution in [0.15, 0.2) is 53.4 Å². The number of hydrogen-bond acceptors (Lipinski definition) is 4. The molecule has 0 saturated carbocycles. The van der Waals surface area contributed by atoms with Crippen molar-refractivity contribution in [2.45, 2.75) is 36.6 Å². The topological polar surface area (TPSA) is 69.7 Å². The van der Waals surface area contributed by atoms with E-state index < -0.39 is 21.8 Å². The van der Waals surface area contributed by atoms with Crippen molar-refractivity contribution >= 4 is 27.5 Å². The van der Waals surface area contributed by atoms with Gasteiger partial charge in [-0.1, -0.05) is 29.8 Å². The molecule has 2 saturated heterocycles. The minimum Gasteiger partial charge on any atom is -0.354 e. The van der Waals surface area contributed by atoms with Gasteiger partial charge in [0.25, 0.3) is 0 Å². The van der Waals surface area contributed by atoms with Crippen LogP contribution in [0.1, 0.15) is 37.3 Å². The molecule has 2 atom stereocenters. The Kier molecular flexibility index (Phi) is 7.69. The Balaban J connectivity index is 1.43. The Bertz CT molecular complexity index is 1070. The molecule has 2 aromatic carbocycles. The first-order chi connectivity index (χ1) is 15.9. The van der Waals surface area contributed by atoms with Crippen molar-refractivity contribution in [2.75, 3.05) is 32.7 Å². The fraction of sp³-hybridized carbons (Fsp3) is 0.458. The van der Waals surface area contributed by atoms with Gasteiger partial charge in [0.15, 0.2) is 0 Å². The molecule has 1 amide bonds. The third-order valence-electron chi connectivity index (χ3n) is 6.52. The highest BCUT2D eigenvalue weighted by Crippen LogP contribution is 2.30. The number of likely N-dealkylation sites (tertiary alicyclic amines) is 1. The predicted molar refractivity (Wildman–Crippen MR) is 126 cm³/mol. The maximum absolute atomic E-state index is 13.2. The molecule has 0 aliphatic carbocycles. The normalized spacial score (nSPS) is 21.1. The van der Waals surface area contributed by atoms with Crippen molar-refractivity contribution in [3.8, 4) is 0 Å². The summed E-state index contributed by atoms with van der Waals surface area (Å²) >= 11 is 6.46. The lowest BCUT2D eigenvalue weighted by Crippen LogP contribution is -2.46. The summed E-state index contributed by atoms with van der Waals surface area (Å²) in [6.45, 7) is 2.80. The maximum atomic E-state index is 13.2. The molecule has 6 nitrogen and oxygen atoms in total. The number of hydrogen-bond donors (Lipinski definition) is 1. The molecule has 2 heterocycles. The molecule has 2 fully saturated rings. The fourth-order valence-electron chi connectivity index (χ4n) is 4.71. The molecule has 0 spiro atoms. The van der Waals surface area contributed by atoms with Crippen molar-refractivity contribution in [1.29, 1.82) is 0 Å². The van der Waals surface area contributed by atoms with E-state index in [0.717, 1.165) is 43.6 Å². The molecule has 2 aliphatic rings. The molecule has 0 aromatic heterocycles. The zero-order valence-corrected chi connectivity index (χ0v) is 20.0. The van der Waals surface area contributed by atoms with Crippen LogP contribution in [0.5, 0.6) is 0 Å². The van der Waals surface area contributed by atoms with Crippen LogP contribution >= 0.6 is 11.6 Å². The monoisotopic (exact) mass is 493 g/mol. The molecule has 0 bridgehead atoms. The van der Waals surface area contributed by atoms with Gasteiger partial charge in [0, 0.05) is 24.7 Å². The summed E-state index contributed by atoms with van der Waals surface area (Å²) in [5.41, 5.74) is 0.991. The van der Waals surface area contributed by atoms with E-state index in [1.54, 1.807) is 0 Å². The lowest BCUT2D eigenvalue weighted by Gasteiger charge is -2.33. The number of rotatable bonds is 7. The average molecular weight is 494 g/mol. The molecule has 0 radical (unpaired) electrons. The highest BCUT2D eigenvalue weighted by Gasteiger charge is 2.34. The number of benzene rings is 2. The SMILES string of the molecule is O=C(NC[C@@H](c1ccccc1Cl)N1CCCC1)[C@H]1CCCN(S(=O)(=O)c2ccc(F)cc2)C1. The first-order valence-corrected chi connectivity index (χ1v) is 13.2. The van der Waals surface area contributed by atoms with E-state index >= 15 is 0 Å². The van der Waals surface area contributed by atoms with Crippen molar-refractivity contribution in [2.24, 2.45) is 5.92 Å². The van der Waals surface area contributed by atoms with Crippen molar-refractivity contribution in [3.63, 3.8) is 0 Å². The number of carbonyl (C=O) groups excluding carboxylic acids is 1. The van der Waals surface area contributed by atoms with Gasteiger partial charge in [0.05, 0.1) is 16.9 Å². The molecule has 2 aliphatic heterocycles. The molecule has 178 valence electrons. The van der Waals surface area contributed by atoms with Gasteiger partial charge in [0.2, 0.25) is 15.9 Å². The number of nitrogens with one attached hydrogen (secondary N) is 1. The van der Waals surface area contributed by atoms with Gasteiger partial charge in [0.1, 0.15) is 5.82 Å². The van der Waals surface area contributed by atoms with Crippen molar-refractivity contribution < 1.29 is 17.6 Å². The van der Waals surface area contributed by atoms with E-state index in [-0.39, 0.29) is 23.4 Å². The molecule has 0 unspecified atom stereocenters. The standard InChI is InChI=1S/C24H29ClFN3O3S/c25-22-8-2-1-7-21(22)23(28-13-3-4-14-28)16-27-24(30)18-6-5-15-29(17-18)33(31,32)20-11-9-19(26)10-12-20/h1-2,7-12,18,23H,3-6,13-17H2,(H,27,30)/t18-,23-/m0/s1. The quantitative estimate of drug-likeness (QED) is 0.636.